The van der Waals surface area contributed by atoms with Crippen LogP contribution in [0.15, 0.2) is 12.0 Å². The smallest absolute Gasteiger partial charge is 0.323 e. The Morgan fingerprint density at radius 2 is 2.24 bits per heavy atom. The first-order valence-electron chi connectivity index (χ1n) is 5.53. The van der Waals surface area contributed by atoms with Gasteiger partial charge in [-0.1, -0.05) is 6.92 Å². The van der Waals surface area contributed by atoms with Gasteiger partial charge < -0.3 is 19.5 Å². The molecule has 17 heavy (non-hydrogen) atoms. The van der Waals surface area contributed by atoms with E-state index in [1.165, 1.54) is 11.2 Å². The highest BCUT2D eigenvalue weighted by molar-refractivity contribution is 5.93. The molecule has 0 radical (unpaired) electrons. The normalized spacial score (nSPS) is 16.2. The van der Waals surface area contributed by atoms with Gasteiger partial charge in [0.15, 0.2) is 0 Å². The number of amides is 1. The molecule has 1 unspecified atom stereocenters. The zero-order valence-electron chi connectivity index (χ0n) is 10.0. The van der Waals surface area contributed by atoms with Crippen LogP contribution in [0.1, 0.15) is 20.3 Å². The summed E-state index contributed by atoms with van der Waals surface area (Å²) in [6.45, 7) is 4.05. The van der Waals surface area contributed by atoms with Crippen LogP contribution < -0.4 is 0 Å². The maximum absolute atomic E-state index is 12.0. The zero-order valence-corrected chi connectivity index (χ0v) is 10.0. The molecule has 0 aromatic heterocycles. The van der Waals surface area contributed by atoms with Gasteiger partial charge in [-0.15, -0.1) is 0 Å². The maximum atomic E-state index is 12.0. The van der Waals surface area contributed by atoms with Crippen LogP contribution in [-0.2, 0) is 19.1 Å². The summed E-state index contributed by atoms with van der Waals surface area (Å²) < 4.78 is 10.1. The van der Waals surface area contributed by atoms with Gasteiger partial charge in [0.25, 0.3) is 5.91 Å². The van der Waals surface area contributed by atoms with Crippen molar-refractivity contribution in [3.8, 4) is 0 Å². The molecule has 1 atom stereocenters. The number of carbonyl (C=O) groups is 2. The van der Waals surface area contributed by atoms with E-state index in [0.717, 1.165) is 0 Å². The summed E-state index contributed by atoms with van der Waals surface area (Å²) in [4.78, 5) is 24.0. The summed E-state index contributed by atoms with van der Waals surface area (Å²) in [7, 11) is 0. The second kappa shape index (κ2) is 6.12. The molecule has 1 heterocycles. The number of rotatable bonds is 5. The first-order valence-corrected chi connectivity index (χ1v) is 5.53. The van der Waals surface area contributed by atoms with Crippen molar-refractivity contribution in [2.75, 3.05) is 19.8 Å². The van der Waals surface area contributed by atoms with E-state index in [-0.39, 0.29) is 18.3 Å². The first-order chi connectivity index (χ1) is 8.06. The van der Waals surface area contributed by atoms with Crippen molar-refractivity contribution in [3.63, 3.8) is 0 Å². The van der Waals surface area contributed by atoms with E-state index in [4.69, 9.17) is 14.6 Å². The number of nitrogens with zero attached hydrogens (tertiary/aromatic N) is 1. The minimum absolute atomic E-state index is 0.0674. The van der Waals surface area contributed by atoms with Crippen LogP contribution >= 0.6 is 0 Å². The van der Waals surface area contributed by atoms with Gasteiger partial charge in [-0.2, -0.15) is 0 Å². The third-order valence-corrected chi connectivity index (χ3v) is 2.55. The van der Waals surface area contributed by atoms with E-state index in [0.29, 0.717) is 19.6 Å². The van der Waals surface area contributed by atoms with Crippen LogP contribution in [0.4, 0.5) is 0 Å². The van der Waals surface area contributed by atoms with Crippen molar-refractivity contribution in [2.24, 2.45) is 0 Å². The van der Waals surface area contributed by atoms with Crippen LogP contribution in [0.5, 0.6) is 0 Å². The number of aliphatic carboxylic acids is 1. The molecule has 0 bridgehead atoms. The predicted octanol–water partition coefficient (Wildman–Crippen LogP) is 0.586. The SMILES string of the molecule is CCC(C)N(CC(=O)O)C(=O)C1=COCCO1. The summed E-state index contributed by atoms with van der Waals surface area (Å²) in [6.07, 6.45) is 1.91. The summed E-state index contributed by atoms with van der Waals surface area (Å²) >= 11 is 0. The van der Waals surface area contributed by atoms with E-state index in [1.807, 2.05) is 6.92 Å². The van der Waals surface area contributed by atoms with Crippen molar-refractivity contribution in [3.05, 3.63) is 12.0 Å². The molecule has 1 amide bonds. The van der Waals surface area contributed by atoms with E-state index in [2.05, 4.69) is 0 Å². The molecule has 0 fully saturated rings. The third-order valence-electron chi connectivity index (χ3n) is 2.55. The zero-order chi connectivity index (χ0) is 12.8. The Balaban J connectivity index is 2.77. The van der Waals surface area contributed by atoms with Crippen molar-refractivity contribution in [1.29, 1.82) is 0 Å². The average Bonchev–Trinajstić information content (AvgIpc) is 2.35. The quantitative estimate of drug-likeness (QED) is 0.764. The Labute approximate surface area is 99.8 Å². The van der Waals surface area contributed by atoms with Gasteiger partial charge in [-0.3, -0.25) is 9.59 Å². The lowest BCUT2D eigenvalue weighted by molar-refractivity contribution is -0.146. The second-order valence-corrected chi connectivity index (χ2v) is 3.79. The van der Waals surface area contributed by atoms with Crippen molar-refractivity contribution in [2.45, 2.75) is 26.3 Å². The fraction of sp³-hybridized carbons (Fsp3) is 0.636. The summed E-state index contributed by atoms with van der Waals surface area (Å²) in [5.41, 5.74) is 0. The molecule has 0 spiro atoms. The molecule has 0 aromatic rings. The Hall–Kier alpha value is -1.72. The fourth-order valence-corrected chi connectivity index (χ4v) is 1.42. The highest BCUT2D eigenvalue weighted by Crippen LogP contribution is 2.12. The largest absolute Gasteiger partial charge is 0.494 e. The van der Waals surface area contributed by atoms with Gasteiger partial charge >= 0.3 is 5.97 Å². The lowest BCUT2D eigenvalue weighted by Gasteiger charge is -2.28. The van der Waals surface area contributed by atoms with Gasteiger partial charge in [-0.05, 0) is 13.3 Å². The monoisotopic (exact) mass is 243 g/mol. The second-order valence-electron chi connectivity index (χ2n) is 3.79. The molecular weight excluding hydrogens is 226 g/mol. The van der Waals surface area contributed by atoms with E-state index < -0.39 is 11.9 Å². The molecule has 6 heteroatoms. The van der Waals surface area contributed by atoms with Gasteiger partial charge in [-0.25, -0.2) is 0 Å². The van der Waals surface area contributed by atoms with Crippen molar-refractivity contribution >= 4 is 11.9 Å². The number of carbonyl (C=O) groups excluding carboxylic acids is 1. The number of hydrogen-bond acceptors (Lipinski definition) is 4. The Morgan fingerprint density at radius 3 is 2.71 bits per heavy atom. The highest BCUT2D eigenvalue weighted by atomic mass is 16.6. The van der Waals surface area contributed by atoms with Crippen LogP contribution in [0.2, 0.25) is 0 Å². The molecule has 0 aliphatic carbocycles. The highest BCUT2D eigenvalue weighted by Gasteiger charge is 2.27. The molecule has 0 saturated carbocycles. The molecule has 1 rings (SSSR count). The van der Waals surface area contributed by atoms with Gasteiger partial charge in [0, 0.05) is 6.04 Å². The topological polar surface area (TPSA) is 76.1 Å². The average molecular weight is 243 g/mol. The lowest BCUT2D eigenvalue weighted by atomic mass is 10.2. The predicted molar refractivity (Wildman–Crippen MR) is 59.1 cm³/mol. The lowest BCUT2D eigenvalue weighted by Crippen LogP contribution is -2.43. The molecule has 1 aliphatic rings. The van der Waals surface area contributed by atoms with Crippen LogP contribution in [0, 0.1) is 0 Å². The molecular formula is C11H17NO5. The number of carboxylic acids is 1. The number of ether oxygens (including phenoxy) is 2. The van der Waals surface area contributed by atoms with Crippen molar-refractivity contribution in [1.82, 2.24) is 4.90 Å². The summed E-state index contributed by atoms with van der Waals surface area (Å²) in [6, 6.07) is -0.162. The molecule has 96 valence electrons. The summed E-state index contributed by atoms with van der Waals surface area (Å²) in [5.74, 6) is -1.42. The Morgan fingerprint density at radius 1 is 1.53 bits per heavy atom. The molecule has 6 nitrogen and oxygen atoms in total. The van der Waals surface area contributed by atoms with Gasteiger partial charge in [0.2, 0.25) is 5.76 Å². The Kier molecular flexibility index (Phi) is 4.81. The Bertz CT molecular complexity index is 326. The van der Waals surface area contributed by atoms with Crippen molar-refractivity contribution < 1.29 is 24.2 Å². The first kappa shape index (κ1) is 13.3. The fourth-order valence-electron chi connectivity index (χ4n) is 1.42. The number of hydrogen-bond donors (Lipinski definition) is 1. The molecule has 0 saturated heterocycles. The van der Waals surface area contributed by atoms with Gasteiger partial charge in [0.1, 0.15) is 26.0 Å². The van der Waals surface area contributed by atoms with Gasteiger partial charge in [0.05, 0.1) is 0 Å². The van der Waals surface area contributed by atoms with E-state index in [9.17, 15) is 9.59 Å². The van der Waals surface area contributed by atoms with Crippen LogP contribution in [0.25, 0.3) is 0 Å². The third kappa shape index (κ3) is 3.65. The minimum Gasteiger partial charge on any atom is -0.494 e. The summed E-state index contributed by atoms with van der Waals surface area (Å²) in [5, 5.41) is 8.79. The standard InChI is InChI=1S/C11H17NO5/c1-3-8(2)12(6-10(13)14)11(15)9-7-16-4-5-17-9/h7-8H,3-6H2,1-2H3,(H,13,14). The molecule has 1 N–H and O–H groups in total. The van der Waals surface area contributed by atoms with Crippen LogP contribution in [0.3, 0.4) is 0 Å². The number of carboxylic acid groups (broad SMARTS) is 1. The molecule has 0 aromatic carbocycles. The minimum atomic E-state index is -1.05. The van der Waals surface area contributed by atoms with E-state index >= 15 is 0 Å². The van der Waals surface area contributed by atoms with E-state index in [1.54, 1.807) is 6.92 Å². The van der Waals surface area contributed by atoms with Crippen LogP contribution in [-0.4, -0.2) is 47.7 Å². The maximum Gasteiger partial charge on any atom is 0.323 e. The molecule has 1 aliphatic heterocycles.